The first-order valence-electron chi connectivity index (χ1n) is 11.4. The molecule has 0 spiro atoms. The van der Waals surface area contributed by atoms with Gasteiger partial charge in [0, 0.05) is 13.1 Å². The molecule has 2 N–H and O–H groups in total. The van der Waals surface area contributed by atoms with E-state index < -0.39 is 19.9 Å². The van der Waals surface area contributed by atoms with Gasteiger partial charge in [-0.2, -0.15) is 0 Å². The fraction of sp³-hybridized carbons (Fsp3) is 0.269. The van der Waals surface area contributed by atoms with Gasteiger partial charge in [-0.1, -0.05) is 30.3 Å². The Balaban J connectivity index is 1.67. The number of nitrogens with two attached hydrogens (primary N) is 1. The number of nitrogens with zero attached hydrogens (tertiary/aromatic N) is 1. The zero-order chi connectivity index (χ0) is 26.1. The predicted octanol–water partition coefficient (Wildman–Crippen LogP) is 3.50. The van der Waals surface area contributed by atoms with E-state index in [-0.39, 0.29) is 26.5 Å². The Labute approximate surface area is 211 Å². The molecule has 3 aromatic rings. The third-order valence-corrected chi connectivity index (χ3v) is 9.39. The van der Waals surface area contributed by atoms with E-state index >= 15 is 0 Å². The van der Waals surface area contributed by atoms with Crippen LogP contribution < -0.4 is 9.88 Å². The molecule has 0 radical (unpaired) electrons. The summed E-state index contributed by atoms with van der Waals surface area (Å²) in [7, 11) is -6.62. The smallest absolute Gasteiger partial charge is 0.257 e. The third kappa shape index (κ3) is 5.02. The highest BCUT2D eigenvalue weighted by atomic mass is 32.2. The minimum absolute atomic E-state index is 0.0670. The molecule has 1 heterocycles. The van der Waals surface area contributed by atoms with Gasteiger partial charge in [0.25, 0.3) is 5.91 Å². The van der Waals surface area contributed by atoms with Crippen molar-refractivity contribution in [3.05, 3.63) is 83.4 Å². The molecule has 0 bridgehead atoms. The van der Waals surface area contributed by atoms with E-state index in [1.807, 2.05) is 0 Å². The first kappa shape index (κ1) is 25.9. The van der Waals surface area contributed by atoms with Crippen LogP contribution in [0.5, 0.6) is 5.75 Å². The van der Waals surface area contributed by atoms with Crippen molar-refractivity contribution in [3.8, 4) is 5.75 Å². The number of hydrogen-bond acceptors (Lipinski definition) is 6. The quantitative estimate of drug-likeness (QED) is 0.522. The molecule has 10 heteroatoms. The van der Waals surface area contributed by atoms with Gasteiger partial charge in [-0.25, -0.2) is 22.0 Å². The number of carbonyl (C=O) groups is 1. The number of sulfone groups is 1. The minimum atomic E-state index is -4.17. The van der Waals surface area contributed by atoms with Crippen molar-refractivity contribution in [2.24, 2.45) is 5.14 Å². The lowest BCUT2D eigenvalue weighted by molar-refractivity contribution is 0.0709. The van der Waals surface area contributed by atoms with Crippen LogP contribution in [0.4, 0.5) is 0 Å². The standard InChI is InChI=1S/C26H28N2O6S2/c1-18-23(19-12-14-28(15-13-19)26(29)22-10-6-7-11-24(22)34-2)16-21(17-25(18)36(27,32)33)35(30,31)20-8-4-3-5-9-20/h3-11,16-17,19H,12-15H2,1-2H3,(H2,27,32,33). The van der Waals surface area contributed by atoms with Crippen LogP contribution in [0.15, 0.2) is 81.4 Å². The fourth-order valence-corrected chi connectivity index (χ4v) is 6.93. The average molecular weight is 529 g/mol. The van der Waals surface area contributed by atoms with Gasteiger partial charge in [0.2, 0.25) is 19.9 Å². The maximum atomic E-state index is 13.3. The lowest BCUT2D eigenvalue weighted by atomic mass is 9.86. The molecule has 0 unspecified atom stereocenters. The molecule has 3 aromatic carbocycles. The normalized spacial score (nSPS) is 15.0. The number of amides is 1. The number of methoxy groups -OCH3 is 1. The lowest BCUT2D eigenvalue weighted by Crippen LogP contribution is -2.38. The Kier molecular flexibility index (Phi) is 7.21. The molecule has 8 nitrogen and oxygen atoms in total. The number of ether oxygens (including phenoxy) is 1. The Bertz CT molecular complexity index is 1490. The van der Waals surface area contributed by atoms with Crippen molar-refractivity contribution in [3.63, 3.8) is 0 Å². The molecule has 36 heavy (non-hydrogen) atoms. The zero-order valence-corrected chi connectivity index (χ0v) is 21.7. The maximum Gasteiger partial charge on any atom is 0.257 e. The molecular formula is C26H28N2O6S2. The van der Waals surface area contributed by atoms with Gasteiger partial charge in [-0.3, -0.25) is 4.79 Å². The van der Waals surface area contributed by atoms with E-state index in [0.717, 1.165) is 6.07 Å². The second kappa shape index (κ2) is 10.0. The highest BCUT2D eigenvalue weighted by Gasteiger charge is 2.30. The van der Waals surface area contributed by atoms with Crippen LogP contribution >= 0.6 is 0 Å². The Morgan fingerprint density at radius 2 is 1.53 bits per heavy atom. The van der Waals surface area contributed by atoms with E-state index in [2.05, 4.69) is 0 Å². The number of carbonyl (C=O) groups excluding carboxylic acids is 1. The number of rotatable bonds is 6. The number of likely N-dealkylation sites (tertiary alicyclic amines) is 1. The van der Waals surface area contributed by atoms with Crippen LogP contribution in [0.2, 0.25) is 0 Å². The topological polar surface area (TPSA) is 124 Å². The van der Waals surface area contributed by atoms with Crippen molar-refractivity contribution in [2.45, 2.75) is 40.4 Å². The maximum absolute atomic E-state index is 13.3. The summed E-state index contributed by atoms with van der Waals surface area (Å²) in [4.78, 5) is 14.6. The molecule has 0 atom stereocenters. The average Bonchev–Trinajstić information content (AvgIpc) is 2.88. The summed E-state index contributed by atoms with van der Waals surface area (Å²) in [5.41, 5.74) is 1.52. The van der Waals surface area contributed by atoms with Crippen molar-refractivity contribution in [1.82, 2.24) is 4.90 Å². The largest absolute Gasteiger partial charge is 0.496 e. The lowest BCUT2D eigenvalue weighted by Gasteiger charge is -2.33. The van der Waals surface area contributed by atoms with Crippen LogP contribution in [0.25, 0.3) is 0 Å². The van der Waals surface area contributed by atoms with E-state index in [4.69, 9.17) is 9.88 Å². The van der Waals surface area contributed by atoms with Crippen LogP contribution in [0, 0.1) is 6.92 Å². The SMILES string of the molecule is COc1ccccc1C(=O)N1CCC(c2cc(S(=O)(=O)c3ccccc3)cc(S(N)(=O)=O)c2C)CC1. The summed E-state index contributed by atoms with van der Waals surface area (Å²) >= 11 is 0. The van der Waals surface area contributed by atoms with Gasteiger partial charge in [0.15, 0.2) is 0 Å². The molecule has 0 saturated carbocycles. The number of hydrogen-bond donors (Lipinski definition) is 1. The minimum Gasteiger partial charge on any atom is -0.496 e. The molecular weight excluding hydrogens is 500 g/mol. The van der Waals surface area contributed by atoms with Crippen LogP contribution in [0.3, 0.4) is 0 Å². The molecule has 1 fully saturated rings. The van der Waals surface area contributed by atoms with E-state index in [1.54, 1.807) is 60.4 Å². The summed E-state index contributed by atoms with van der Waals surface area (Å²) in [6, 6.07) is 17.6. The molecule has 1 aliphatic rings. The number of piperidine rings is 1. The summed E-state index contributed by atoms with van der Waals surface area (Å²) in [6.07, 6.45) is 1.08. The van der Waals surface area contributed by atoms with E-state index in [0.29, 0.717) is 48.4 Å². The first-order valence-corrected chi connectivity index (χ1v) is 14.5. The van der Waals surface area contributed by atoms with Crippen LogP contribution in [0.1, 0.15) is 40.2 Å². The number of para-hydroxylation sites is 1. The van der Waals surface area contributed by atoms with Gasteiger partial charge in [0.1, 0.15) is 5.75 Å². The zero-order valence-electron chi connectivity index (χ0n) is 20.0. The highest BCUT2D eigenvalue weighted by molar-refractivity contribution is 7.91. The van der Waals surface area contributed by atoms with Crippen molar-refractivity contribution in [2.75, 3.05) is 20.2 Å². The molecule has 1 amide bonds. The van der Waals surface area contributed by atoms with Gasteiger partial charge in [-0.15, -0.1) is 0 Å². The van der Waals surface area contributed by atoms with E-state index in [9.17, 15) is 21.6 Å². The summed E-state index contributed by atoms with van der Waals surface area (Å²) in [6.45, 7) is 2.50. The van der Waals surface area contributed by atoms with Crippen LogP contribution in [-0.2, 0) is 19.9 Å². The fourth-order valence-electron chi connectivity index (χ4n) is 4.68. The number of benzene rings is 3. The van der Waals surface area contributed by atoms with Crippen molar-refractivity contribution in [1.29, 1.82) is 0 Å². The molecule has 1 saturated heterocycles. The van der Waals surface area contributed by atoms with E-state index in [1.165, 1.54) is 19.2 Å². The number of sulfonamides is 1. The van der Waals surface area contributed by atoms with Crippen molar-refractivity contribution < 1.29 is 26.4 Å². The third-order valence-electron chi connectivity index (χ3n) is 6.60. The summed E-state index contributed by atoms with van der Waals surface area (Å²) < 4.78 is 56.7. The molecule has 1 aliphatic heterocycles. The molecule has 4 rings (SSSR count). The second-order valence-electron chi connectivity index (χ2n) is 8.76. The van der Waals surface area contributed by atoms with Crippen LogP contribution in [-0.4, -0.2) is 47.8 Å². The summed E-state index contributed by atoms with van der Waals surface area (Å²) in [5.74, 6) is 0.212. The molecule has 0 aliphatic carbocycles. The van der Waals surface area contributed by atoms with Gasteiger partial charge >= 0.3 is 0 Å². The monoisotopic (exact) mass is 528 g/mol. The molecule has 0 aromatic heterocycles. The van der Waals surface area contributed by atoms with Gasteiger partial charge < -0.3 is 9.64 Å². The summed E-state index contributed by atoms with van der Waals surface area (Å²) in [5, 5.41) is 5.47. The Hall–Kier alpha value is -3.21. The molecule has 190 valence electrons. The highest BCUT2D eigenvalue weighted by Crippen LogP contribution is 2.36. The Morgan fingerprint density at radius 1 is 0.917 bits per heavy atom. The van der Waals surface area contributed by atoms with Crippen molar-refractivity contribution >= 4 is 25.8 Å². The predicted molar refractivity (Wildman–Crippen MR) is 135 cm³/mol. The Morgan fingerprint density at radius 3 is 2.14 bits per heavy atom. The first-order chi connectivity index (χ1) is 17.0. The van der Waals surface area contributed by atoms with Gasteiger partial charge in [0.05, 0.1) is 27.4 Å². The second-order valence-corrected chi connectivity index (χ2v) is 12.2. The number of primary sulfonamides is 1. The van der Waals surface area contributed by atoms with Gasteiger partial charge in [-0.05, 0) is 73.2 Å².